The first-order valence-corrected chi connectivity index (χ1v) is 17.0. The van der Waals surface area contributed by atoms with Crippen LogP contribution >= 0.6 is 0 Å². The van der Waals surface area contributed by atoms with Gasteiger partial charge in [-0.1, -0.05) is 133 Å². The van der Waals surface area contributed by atoms with Crippen LogP contribution in [0.5, 0.6) is 23.0 Å². The van der Waals surface area contributed by atoms with Crippen molar-refractivity contribution < 1.29 is 9.47 Å². The Morgan fingerprint density at radius 1 is 0.510 bits per heavy atom. The van der Waals surface area contributed by atoms with Crippen molar-refractivity contribution in [3.8, 4) is 39.8 Å². The van der Waals surface area contributed by atoms with Gasteiger partial charge in [-0.25, -0.2) is 9.98 Å². The number of aliphatic imine (C=N–C) groups is 2. The first kappa shape index (κ1) is 29.0. The van der Waals surface area contributed by atoms with E-state index in [2.05, 4.69) is 131 Å². The molecular formula is C45H30N4O2. The zero-order chi connectivity index (χ0) is 33.7. The molecular weight excluding hydrogens is 629 g/mol. The van der Waals surface area contributed by atoms with E-state index in [1.807, 2.05) is 48.5 Å². The molecule has 6 heteroatoms. The van der Waals surface area contributed by atoms with E-state index in [-0.39, 0.29) is 6.17 Å². The average molecular weight is 659 g/mol. The minimum atomic E-state index is -0.383. The Kier molecular flexibility index (Phi) is 6.77. The lowest BCUT2D eigenvalue weighted by molar-refractivity contribution is 0.359. The van der Waals surface area contributed by atoms with Gasteiger partial charge in [0, 0.05) is 22.4 Å². The molecule has 0 saturated heterocycles. The van der Waals surface area contributed by atoms with Crippen molar-refractivity contribution >= 4 is 33.5 Å². The Bertz CT molecular complexity index is 2610. The Labute approximate surface area is 294 Å². The van der Waals surface area contributed by atoms with Crippen molar-refractivity contribution in [2.75, 3.05) is 0 Å². The standard InChI is InChI=1S/C45H30N4O2/c1-3-13-29(14-4-1)30-23-25-32(26-24-30)44-46-43(31-15-5-2-6-16-31)47-45(48-44)36-27-33(28-41-42(36)51-40-22-12-11-21-39(40)50-41)49-37-19-9-7-17-34(37)35-18-8-10-20-38(35)49/h1-28,43H,(H,46,47,48). The van der Waals surface area contributed by atoms with Crippen molar-refractivity contribution in [2.45, 2.75) is 6.17 Å². The number of hydrogen-bond acceptors (Lipinski definition) is 5. The fourth-order valence-electron chi connectivity index (χ4n) is 7.09. The smallest absolute Gasteiger partial charge is 0.181 e. The molecule has 8 aromatic rings. The third-order valence-corrected chi connectivity index (χ3v) is 9.52. The third kappa shape index (κ3) is 5.04. The molecule has 51 heavy (non-hydrogen) atoms. The summed E-state index contributed by atoms with van der Waals surface area (Å²) >= 11 is 0. The molecule has 2 aliphatic rings. The molecule has 7 aromatic carbocycles. The van der Waals surface area contributed by atoms with Crippen molar-refractivity contribution in [2.24, 2.45) is 9.98 Å². The van der Waals surface area contributed by atoms with E-state index in [9.17, 15) is 0 Å². The van der Waals surface area contributed by atoms with Crippen LogP contribution in [0, 0.1) is 0 Å². The molecule has 1 aromatic heterocycles. The van der Waals surface area contributed by atoms with Crippen LogP contribution in [0.15, 0.2) is 180 Å². The largest absolute Gasteiger partial charge is 0.449 e. The number of rotatable bonds is 5. The molecule has 1 N–H and O–H groups in total. The van der Waals surface area contributed by atoms with E-state index in [4.69, 9.17) is 19.5 Å². The monoisotopic (exact) mass is 658 g/mol. The van der Waals surface area contributed by atoms with Crippen LogP contribution in [0.1, 0.15) is 22.9 Å². The van der Waals surface area contributed by atoms with Gasteiger partial charge in [-0.05, 0) is 47.0 Å². The second kappa shape index (κ2) is 11.9. The van der Waals surface area contributed by atoms with Crippen LogP contribution in [0.25, 0.3) is 38.6 Å². The second-order valence-electron chi connectivity index (χ2n) is 12.7. The molecule has 0 bridgehead atoms. The van der Waals surface area contributed by atoms with Gasteiger partial charge in [-0.15, -0.1) is 0 Å². The summed E-state index contributed by atoms with van der Waals surface area (Å²) in [6.45, 7) is 0. The topological polar surface area (TPSA) is 60.1 Å². The van der Waals surface area contributed by atoms with Crippen LogP contribution in [0.3, 0.4) is 0 Å². The lowest BCUT2D eigenvalue weighted by atomic mass is 10.0. The van der Waals surface area contributed by atoms with Gasteiger partial charge >= 0.3 is 0 Å². The molecule has 2 aliphatic heterocycles. The van der Waals surface area contributed by atoms with Crippen LogP contribution in [-0.2, 0) is 0 Å². The van der Waals surface area contributed by atoms with Crippen molar-refractivity contribution in [1.29, 1.82) is 0 Å². The molecule has 0 aliphatic carbocycles. The van der Waals surface area contributed by atoms with Gasteiger partial charge < -0.3 is 19.4 Å². The maximum Gasteiger partial charge on any atom is 0.181 e. The van der Waals surface area contributed by atoms with E-state index < -0.39 is 0 Å². The van der Waals surface area contributed by atoms with Gasteiger partial charge in [0.05, 0.1) is 22.3 Å². The molecule has 0 amide bonds. The highest BCUT2D eigenvalue weighted by atomic mass is 16.6. The molecule has 0 saturated carbocycles. The molecule has 0 radical (unpaired) electrons. The summed E-state index contributed by atoms with van der Waals surface area (Å²) < 4.78 is 15.5. The summed E-state index contributed by atoms with van der Waals surface area (Å²) in [6.07, 6.45) is -0.383. The summed E-state index contributed by atoms with van der Waals surface area (Å²) in [6, 6.07) is 58.0. The highest BCUT2D eigenvalue weighted by Gasteiger charge is 2.29. The molecule has 3 heterocycles. The SMILES string of the molecule is c1ccc(-c2ccc(C3=NC(c4cc(-n5c6ccccc6c6ccccc65)cc5c4Oc4ccccc4O5)=NC(c4ccccc4)N3)cc2)cc1. The average Bonchev–Trinajstić information content (AvgIpc) is 3.55. The summed E-state index contributed by atoms with van der Waals surface area (Å²) in [5.74, 6) is 3.75. The first-order chi connectivity index (χ1) is 25.3. The summed E-state index contributed by atoms with van der Waals surface area (Å²) in [4.78, 5) is 10.5. The number of benzene rings is 7. The second-order valence-corrected chi connectivity index (χ2v) is 12.7. The minimum Gasteiger partial charge on any atom is -0.449 e. The van der Waals surface area contributed by atoms with Crippen molar-refractivity contribution in [3.63, 3.8) is 0 Å². The fraction of sp³-hybridized carbons (Fsp3) is 0.0222. The zero-order valence-electron chi connectivity index (χ0n) is 27.4. The van der Waals surface area contributed by atoms with E-state index >= 15 is 0 Å². The number of nitrogens with one attached hydrogen (secondary N) is 1. The molecule has 0 spiro atoms. The summed E-state index contributed by atoms with van der Waals surface area (Å²) in [7, 11) is 0. The summed E-state index contributed by atoms with van der Waals surface area (Å²) in [5.41, 5.74) is 8.14. The van der Waals surface area contributed by atoms with E-state index in [0.29, 0.717) is 28.8 Å². The Morgan fingerprint density at radius 2 is 1.08 bits per heavy atom. The maximum atomic E-state index is 6.65. The molecule has 10 rings (SSSR count). The lowest BCUT2D eigenvalue weighted by Crippen LogP contribution is -2.33. The van der Waals surface area contributed by atoms with E-state index in [0.717, 1.165) is 50.4 Å². The molecule has 1 atom stereocenters. The highest BCUT2D eigenvalue weighted by molar-refractivity contribution is 6.15. The van der Waals surface area contributed by atoms with Gasteiger partial charge in [0.15, 0.2) is 28.8 Å². The number of aromatic nitrogens is 1. The number of fused-ring (bicyclic) bond motifs is 5. The van der Waals surface area contributed by atoms with Crippen molar-refractivity contribution in [3.05, 3.63) is 187 Å². The fourth-order valence-corrected chi connectivity index (χ4v) is 7.09. The number of amidine groups is 2. The molecule has 0 fully saturated rings. The quantitative estimate of drug-likeness (QED) is 0.200. The minimum absolute atomic E-state index is 0.383. The predicted molar refractivity (Wildman–Crippen MR) is 205 cm³/mol. The Balaban J connectivity index is 1.18. The third-order valence-electron chi connectivity index (χ3n) is 9.52. The first-order valence-electron chi connectivity index (χ1n) is 17.0. The van der Waals surface area contributed by atoms with E-state index in [1.165, 1.54) is 10.8 Å². The number of ether oxygens (including phenoxy) is 2. The number of nitrogens with zero attached hydrogens (tertiary/aromatic N) is 3. The predicted octanol–water partition coefficient (Wildman–Crippen LogP) is 10.8. The van der Waals surface area contributed by atoms with E-state index in [1.54, 1.807) is 0 Å². The molecule has 242 valence electrons. The van der Waals surface area contributed by atoms with Crippen LogP contribution < -0.4 is 14.8 Å². The van der Waals surface area contributed by atoms with Crippen LogP contribution in [0.2, 0.25) is 0 Å². The van der Waals surface area contributed by atoms with Gasteiger partial charge in [0.2, 0.25) is 0 Å². The van der Waals surface area contributed by atoms with Crippen LogP contribution in [-0.4, -0.2) is 16.2 Å². The van der Waals surface area contributed by atoms with Crippen molar-refractivity contribution in [1.82, 2.24) is 9.88 Å². The Hall–Kier alpha value is -6.92. The number of para-hydroxylation sites is 4. The number of hydrogen-bond donors (Lipinski definition) is 1. The zero-order valence-corrected chi connectivity index (χ0v) is 27.4. The van der Waals surface area contributed by atoms with Gasteiger partial charge in [0.1, 0.15) is 12.0 Å². The summed E-state index contributed by atoms with van der Waals surface area (Å²) in [5, 5.41) is 5.97. The van der Waals surface area contributed by atoms with Gasteiger partial charge in [0.25, 0.3) is 0 Å². The Morgan fingerprint density at radius 3 is 1.78 bits per heavy atom. The van der Waals surface area contributed by atoms with Gasteiger partial charge in [-0.3, -0.25) is 0 Å². The van der Waals surface area contributed by atoms with Crippen LogP contribution in [0.4, 0.5) is 0 Å². The maximum absolute atomic E-state index is 6.65. The normalized spacial score (nSPS) is 14.8. The highest BCUT2D eigenvalue weighted by Crippen LogP contribution is 2.49. The lowest BCUT2D eigenvalue weighted by Gasteiger charge is -2.27. The van der Waals surface area contributed by atoms with Gasteiger partial charge in [-0.2, -0.15) is 0 Å². The molecule has 1 unspecified atom stereocenters. The molecule has 6 nitrogen and oxygen atoms in total.